The van der Waals surface area contributed by atoms with Crippen LogP contribution in [0.15, 0.2) is 23.8 Å². The molecule has 0 amide bonds. The van der Waals surface area contributed by atoms with Gasteiger partial charge in [-0.05, 0) is 37.6 Å². The average Bonchev–Trinajstić information content (AvgIpc) is 2.08. The molecule has 13 heavy (non-hydrogen) atoms. The van der Waals surface area contributed by atoms with Gasteiger partial charge >= 0.3 is 0 Å². The Balaban J connectivity index is 3.11. The standard InChI is InChI=1S/C11H16N2/c1-8(2)6-9-7-10(13-3)4-5-11(9)12/h4-7,13H,12H2,1-3H3. The fourth-order valence-electron chi connectivity index (χ4n) is 1.17. The summed E-state index contributed by atoms with van der Waals surface area (Å²) in [6.45, 7) is 4.12. The number of anilines is 2. The molecule has 70 valence electrons. The lowest BCUT2D eigenvalue weighted by molar-refractivity contribution is 1.42. The molecule has 0 heterocycles. The molecule has 3 N–H and O–H groups in total. The van der Waals surface area contributed by atoms with Crippen LogP contribution in [0.25, 0.3) is 6.08 Å². The van der Waals surface area contributed by atoms with Crippen molar-refractivity contribution in [1.29, 1.82) is 0 Å². The Hall–Kier alpha value is -1.44. The molecule has 1 rings (SSSR count). The van der Waals surface area contributed by atoms with E-state index >= 15 is 0 Å². The van der Waals surface area contributed by atoms with Gasteiger partial charge in [0.05, 0.1) is 0 Å². The Bertz CT molecular complexity index is 323. The van der Waals surface area contributed by atoms with E-state index < -0.39 is 0 Å². The first-order valence-electron chi connectivity index (χ1n) is 4.35. The third-order valence-electron chi connectivity index (χ3n) is 1.82. The molecule has 0 unspecified atom stereocenters. The zero-order chi connectivity index (χ0) is 9.84. The van der Waals surface area contributed by atoms with Gasteiger partial charge in [0.1, 0.15) is 0 Å². The normalized spacial score (nSPS) is 9.46. The number of nitrogens with one attached hydrogen (secondary N) is 1. The molecule has 2 heteroatoms. The van der Waals surface area contributed by atoms with Crippen LogP contribution in [0, 0.1) is 0 Å². The first kappa shape index (κ1) is 9.65. The zero-order valence-electron chi connectivity index (χ0n) is 8.39. The van der Waals surface area contributed by atoms with Crippen molar-refractivity contribution >= 4 is 17.5 Å². The van der Waals surface area contributed by atoms with E-state index in [0.29, 0.717) is 0 Å². The topological polar surface area (TPSA) is 38.0 Å². The lowest BCUT2D eigenvalue weighted by Gasteiger charge is -2.05. The molecule has 0 aromatic heterocycles. The Labute approximate surface area is 79.5 Å². The second kappa shape index (κ2) is 3.99. The van der Waals surface area contributed by atoms with Crippen LogP contribution in [-0.2, 0) is 0 Å². The summed E-state index contributed by atoms with van der Waals surface area (Å²) < 4.78 is 0. The van der Waals surface area contributed by atoms with Crippen LogP contribution in [0.5, 0.6) is 0 Å². The summed E-state index contributed by atoms with van der Waals surface area (Å²) >= 11 is 0. The van der Waals surface area contributed by atoms with E-state index in [9.17, 15) is 0 Å². The Morgan fingerprint density at radius 2 is 2.08 bits per heavy atom. The molecule has 0 aliphatic carbocycles. The number of hydrogen-bond donors (Lipinski definition) is 2. The van der Waals surface area contributed by atoms with Crippen molar-refractivity contribution < 1.29 is 0 Å². The van der Waals surface area contributed by atoms with E-state index in [-0.39, 0.29) is 0 Å². The summed E-state index contributed by atoms with van der Waals surface area (Å²) in [7, 11) is 1.90. The fraction of sp³-hybridized carbons (Fsp3) is 0.273. The van der Waals surface area contributed by atoms with Gasteiger partial charge < -0.3 is 11.1 Å². The molecule has 1 aromatic carbocycles. The van der Waals surface area contributed by atoms with E-state index in [4.69, 9.17) is 5.73 Å². The third kappa shape index (κ3) is 2.51. The van der Waals surface area contributed by atoms with Crippen LogP contribution in [0.4, 0.5) is 11.4 Å². The molecule has 0 fully saturated rings. The van der Waals surface area contributed by atoms with E-state index in [2.05, 4.69) is 25.2 Å². The molecule has 0 radical (unpaired) electrons. The van der Waals surface area contributed by atoms with Gasteiger partial charge in [-0.3, -0.25) is 0 Å². The summed E-state index contributed by atoms with van der Waals surface area (Å²) in [5, 5.41) is 3.08. The molecular formula is C11H16N2. The largest absolute Gasteiger partial charge is 0.398 e. The van der Waals surface area contributed by atoms with Gasteiger partial charge in [-0.25, -0.2) is 0 Å². The predicted molar refractivity (Wildman–Crippen MR) is 59.7 cm³/mol. The number of benzene rings is 1. The van der Waals surface area contributed by atoms with Crippen molar-refractivity contribution in [1.82, 2.24) is 0 Å². The summed E-state index contributed by atoms with van der Waals surface area (Å²) in [6, 6.07) is 5.93. The minimum absolute atomic E-state index is 0.820. The summed E-state index contributed by atoms with van der Waals surface area (Å²) in [6.07, 6.45) is 2.08. The van der Waals surface area contributed by atoms with Crippen LogP contribution >= 0.6 is 0 Å². The van der Waals surface area contributed by atoms with Gasteiger partial charge in [0.2, 0.25) is 0 Å². The number of rotatable bonds is 2. The van der Waals surface area contributed by atoms with E-state index in [0.717, 1.165) is 16.9 Å². The lowest BCUT2D eigenvalue weighted by Crippen LogP contribution is -1.93. The SMILES string of the molecule is CNc1ccc(N)c(C=C(C)C)c1. The number of nitrogen functional groups attached to an aromatic ring is 1. The Kier molecular flexibility index (Phi) is 2.96. The Morgan fingerprint density at radius 3 is 2.62 bits per heavy atom. The maximum absolute atomic E-state index is 5.82. The van der Waals surface area contributed by atoms with Gasteiger partial charge in [0.15, 0.2) is 0 Å². The molecule has 0 aliphatic rings. The summed E-state index contributed by atoms with van der Waals surface area (Å²) in [5.74, 6) is 0. The second-order valence-electron chi connectivity index (χ2n) is 3.32. The van der Waals surface area contributed by atoms with Gasteiger partial charge in [0, 0.05) is 18.4 Å². The molecule has 0 aliphatic heterocycles. The molecule has 0 saturated heterocycles. The zero-order valence-corrected chi connectivity index (χ0v) is 8.39. The van der Waals surface area contributed by atoms with E-state index in [1.807, 2.05) is 25.2 Å². The van der Waals surface area contributed by atoms with Crippen LogP contribution in [0.1, 0.15) is 19.4 Å². The van der Waals surface area contributed by atoms with Crippen molar-refractivity contribution in [2.45, 2.75) is 13.8 Å². The Morgan fingerprint density at radius 1 is 1.38 bits per heavy atom. The highest BCUT2D eigenvalue weighted by atomic mass is 14.8. The second-order valence-corrected chi connectivity index (χ2v) is 3.32. The lowest BCUT2D eigenvalue weighted by atomic mass is 10.1. The van der Waals surface area contributed by atoms with Crippen molar-refractivity contribution in [3.63, 3.8) is 0 Å². The smallest absolute Gasteiger partial charge is 0.0389 e. The average molecular weight is 176 g/mol. The molecule has 0 spiro atoms. The first-order valence-corrected chi connectivity index (χ1v) is 4.35. The van der Waals surface area contributed by atoms with Gasteiger partial charge in [-0.15, -0.1) is 0 Å². The molecular weight excluding hydrogens is 160 g/mol. The molecule has 1 aromatic rings. The van der Waals surface area contributed by atoms with Crippen LogP contribution in [-0.4, -0.2) is 7.05 Å². The van der Waals surface area contributed by atoms with Crippen LogP contribution < -0.4 is 11.1 Å². The molecule has 0 saturated carbocycles. The quantitative estimate of drug-likeness (QED) is 0.680. The number of hydrogen-bond acceptors (Lipinski definition) is 2. The van der Waals surface area contributed by atoms with Gasteiger partial charge in [-0.2, -0.15) is 0 Å². The third-order valence-corrected chi connectivity index (χ3v) is 1.82. The minimum Gasteiger partial charge on any atom is -0.398 e. The van der Waals surface area contributed by atoms with Crippen LogP contribution in [0.2, 0.25) is 0 Å². The van der Waals surface area contributed by atoms with Gasteiger partial charge in [-0.1, -0.05) is 11.6 Å². The van der Waals surface area contributed by atoms with Gasteiger partial charge in [0.25, 0.3) is 0 Å². The first-order chi connectivity index (χ1) is 6.13. The fourth-order valence-corrected chi connectivity index (χ4v) is 1.17. The molecule has 0 bridgehead atoms. The van der Waals surface area contributed by atoms with Crippen molar-refractivity contribution in [2.24, 2.45) is 0 Å². The summed E-state index contributed by atoms with van der Waals surface area (Å²) in [4.78, 5) is 0. The number of nitrogens with two attached hydrogens (primary N) is 1. The molecule has 2 nitrogen and oxygen atoms in total. The van der Waals surface area contributed by atoms with E-state index in [1.165, 1.54) is 5.57 Å². The van der Waals surface area contributed by atoms with Crippen molar-refractivity contribution in [3.8, 4) is 0 Å². The minimum atomic E-state index is 0.820. The summed E-state index contributed by atoms with van der Waals surface area (Å²) in [5.41, 5.74) is 10.1. The maximum Gasteiger partial charge on any atom is 0.0389 e. The predicted octanol–water partition coefficient (Wildman–Crippen LogP) is 2.73. The van der Waals surface area contributed by atoms with Crippen molar-refractivity contribution in [2.75, 3.05) is 18.1 Å². The molecule has 0 atom stereocenters. The number of allylic oxidation sites excluding steroid dienone is 1. The highest BCUT2D eigenvalue weighted by molar-refractivity contribution is 5.70. The van der Waals surface area contributed by atoms with Crippen LogP contribution in [0.3, 0.4) is 0 Å². The monoisotopic (exact) mass is 176 g/mol. The van der Waals surface area contributed by atoms with E-state index in [1.54, 1.807) is 0 Å². The highest BCUT2D eigenvalue weighted by Crippen LogP contribution is 2.19. The van der Waals surface area contributed by atoms with Crippen molar-refractivity contribution in [3.05, 3.63) is 29.3 Å². The maximum atomic E-state index is 5.82. The highest BCUT2D eigenvalue weighted by Gasteiger charge is 1.96.